The number of hydrogen-bond acceptors (Lipinski definition) is 4. The lowest BCUT2D eigenvalue weighted by Gasteiger charge is -2.31. The molecule has 0 radical (unpaired) electrons. The summed E-state index contributed by atoms with van der Waals surface area (Å²) in [5.41, 5.74) is 4.14. The van der Waals surface area contributed by atoms with Crippen molar-refractivity contribution in [3.63, 3.8) is 0 Å². The molecule has 1 aromatic heterocycles. The first-order valence-corrected chi connectivity index (χ1v) is 13.2. The first-order chi connectivity index (χ1) is 18.1. The number of carbonyl (C=O) groups excluding carboxylic acids is 1. The number of amides is 1. The number of aromatic nitrogens is 2. The van der Waals surface area contributed by atoms with E-state index >= 15 is 0 Å². The maximum Gasteiger partial charge on any atom is 0.573 e. The van der Waals surface area contributed by atoms with E-state index in [9.17, 15) is 18.0 Å². The van der Waals surface area contributed by atoms with Crippen LogP contribution < -0.4 is 10.1 Å². The van der Waals surface area contributed by atoms with Gasteiger partial charge in [0.2, 0.25) is 0 Å². The van der Waals surface area contributed by atoms with Gasteiger partial charge in [0, 0.05) is 36.6 Å². The van der Waals surface area contributed by atoms with Crippen LogP contribution in [0.1, 0.15) is 73.1 Å². The third-order valence-electron chi connectivity index (χ3n) is 7.09. The summed E-state index contributed by atoms with van der Waals surface area (Å²) in [6.45, 7) is 4.71. The lowest BCUT2D eigenvalue weighted by molar-refractivity contribution is -0.274. The molecule has 1 amide bonds. The Balaban J connectivity index is 1.57. The van der Waals surface area contributed by atoms with Crippen molar-refractivity contribution in [2.45, 2.75) is 64.8 Å². The highest BCUT2D eigenvalue weighted by atomic mass is 19.4. The molecule has 38 heavy (non-hydrogen) atoms. The van der Waals surface area contributed by atoms with Crippen LogP contribution in [0, 0.1) is 12.8 Å². The van der Waals surface area contributed by atoms with Gasteiger partial charge in [0.25, 0.3) is 5.91 Å². The Morgan fingerprint density at radius 2 is 1.76 bits per heavy atom. The van der Waals surface area contributed by atoms with Crippen LogP contribution in [0.15, 0.2) is 54.7 Å². The summed E-state index contributed by atoms with van der Waals surface area (Å²) in [6.07, 6.45) is 3.92. The first-order valence-electron chi connectivity index (χ1n) is 13.2. The van der Waals surface area contributed by atoms with Gasteiger partial charge in [-0.3, -0.25) is 4.79 Å². The van der Waals surface area contributed by atoms with E-state index in [1.807, 2.05) is 51.4 Å². The molecule has 0 spiro atoms. The number of hydrogen-bond donors (Lipinski definition) is 1. The van der Waals surface area contributed by atoms with Gasteiger partial charge in [-0.25, -0.2) is 4.68 Å². The molecule has 0 aliphatic heterocycles. The molecule has 204 valence electrons. The van der Waals surface area contributed by atoms with E-state index in [1.54, 1.807) is 21.7 Å². The third kappa shape index (κ3) is 6.88. The highest BCUT2D eigenvalue weighted by Gasteiger charge is 2.31. The molecule has 3 aromatic rings. The number of benzene rings is 2. The van der Waals surface area contributed by atoms with Crippen LogP contribution in [-0.4, -0.2) is 40.5 Å². The molecule has 2 aromatic carbocycles. The van der Waals surface area contributed by atoms with Crippen LogP contribution in [0.5, 0.6) is 5.75 Å². The number of aryl methyl sites for hydroxylation is 1. The van der Waals surface area contributed by atoms with Crippen molar-refractivity contribution >= 4 is 11.6 Å². The maximum absolute atomic E-state index is 12.6. The van der Waals surface area contributed by atoms with E-state index in [-0.39, 0.29) is 17.7 Å². The van der Waals surface area contributed by atoms with Crippen LogP contribution in [0.2, 0.25) is 0 Å². The minimum Gasteiger partial charge on any atom is -0.406 e. The fourth-order valence-corrected chi connectivity index (χ4v) is 5.17. The van der Waals surface area contributed by atoms with E-state index in [0.29, 0.717) is 23.7 Å². The van der Waals surface area contributed by atoms with E-state index in [4.69, 9.17) is 0 Å². The molecule has 1 fully saturated rings. The van der Waals surface area contributed by atoms with E-state index in [1.165, 1.54) is 31.4 Å². The second kappa shape index (κ2) is 11.9. The molecule has 4 rings (SSSR count). The van der Waals surface area contributed by atoms with Crippen molar-refractivity contribution in [1.82, 2.24) is 14.7 Å². The number of carbonyl (C=O) groups is 1. The summed E-state index contributed by atoms with van der Waals surface area (Å²) >= 11 is 0. The van der Waals surface area contributed by atoms with Crippen molar-refractivity contribution in [1.29, 1.82) is 0 Å². The normalized spacial score (nSPS) is 15.2. The van der Waals surface area contributed by atoms with Gasteiger partial charge >= 0.3 is 6.36 Å². The zero-order valence-electron chi connectivity index (χ0n) is 22.1. The SMILES string of the molecule is CCCN(C)C(=O)c1ccc(NC(c2cn(-c3ccc(OC(F)(F)F)cc3)nc2C)C2CCCCC2)cc1. The Labute approximate surface area is 221 Å². The van der Waals surface area contributed by atoms with Crippen molar-refractivity contribution in [2.75, 3.05) is 18.9 Å². The van der Waals surface area contributed by atoms with Gasteiger partial charge < -0.3 is 15.0 Å². The number of anilines is 1. The van der Waals surface area contributed by atoms with Gasteiger partial charge in [0.05, 0.1) is 17.4 Å². The molecule has 1 saturated carbocycles. The molecule has 0 bridgehead atoms. The van der Waals surface area contributed by atoms with E-state index in [2.05, 4.69) is 15.2 Å². The quantitative estimate of drug-likeness (QED) is 0.317. The van der Waals surface area contributed by atoms with Crippen LogP contribution in [0.4, 0.5) is 18.9 Å². The Morgan fingerprint density at radius 1 is 1.11 bits per heavy atom. The zero-order valence-corrected chi connectivity index (χ0v) is 22.1. The molecule has 1 atom stereocenters. The van der Waals surface area contributed by atoms with Crippen molar-refractivity contribution in [2.24, 2.45) is 5.92 Å². The Morgan fingerprint density at radius 3 is 2.37 bits per heavy atom. The van der Waals surface area contributed by atoms with Crippen molar-refractivity contribution in [3.8, 4) is 11.4 Å². The van der Waals surface area contributed by atoms with Crippen molar-refractivity contribution < 1.29 is 22.7 Å². The Bertz CT molecular complexity index is 1200. The largest absolute Gasteiger partial charge is 0.573 e. The van der Waals surface area contributed by atoms with Crippen LogP contribution in [0.25, 0.3) is 5.69 Å². The first kappa shape index (κ1) is 27.5. The number of nitrogens with one attached hydrogen (secondary N) is 1. The summed E-state index contributed by atoms with van der Waals surface area (Å²) in [4.78, 5) is 14.4. The molecule has 0 saturated heterocycles. The second-order valence-electron chi connectivity index (χ2n) is 9.98. The molecule has 1 aliphatic carbocycles. The number of ether oxygens (including phenoxy) is 1. The van der Waals surface area contributed by atoms with Gasteiger partial charge in [-0.05, 0) is 80.6 Å². The van der Waals surface area contributed by atoms with E-state index in [0.717, 1.165) is 36.2 Å². The van der Waals surface area contributed by atoms with Gasteiger partial charge in [0.1, 0.15) is 5.75 Å². The molecular formula is C29H35F3N4O2. The maximum atomic E-state index is 12.6. The second-order valence-corrected chi connectivity index (χ2v) is 9.98. The minimum atomic E-state index is -4.73. The summed E-state index contributed by atoms with van der Waals surface area (Å²) in [7, 11) is 1.81. The average Bonchev–Trinajstić information content (AvgIpc) is 3.28. The number of halogens is 3. The van der Waals surface area contributed by atoms with Crippen LogP contribution in [0.3, 0.4) is 0 Å². The van der Waals surface area contributed by atoms with Gasteiger partial charge in [-0.1, -0.05) is 26.2 Å². The highest BCUT2D eigenvalue weighted by Crippen LogP contribution is 2.38. The third-order valence-corrected chi connectivity index (χ3v) is 7.09. The van der Waals surface area contributed by atoms with Gasteiger partial charge in [-0.2, -0.15) is 5.10 Å². The summed E-state index contributed by atoms with van der Waals surface area (Å²) < 4.78 is 43.3. The van der Waals surface area contributed by atoms with Gasteiger partial charge in [-0.15, -0.1) is 13.2 Å². The number of rotatable bonds is 9. The molecular weight excluding hydrogens is 493 g/mol. The summed E-state index contributed by atoms with van der Waals surface area (Å²) in [6, 6.07) is 13.3. The van der Waals surface area contributed by atoms with Crippen LogP contribution in [-0.2, 0) is 0 Å². The monoisotopic (exact) mass is 528 g/mol. The smallest absolute Gasteiger partial charge is 0.406 e. The topological polar surface area (TPSA) is 59.4 Å². The Kier molecular flexibility index (Phi) is 8.64. The van der Waals surface area contributed by atoms with Gasteiger partial charge in [0.15, 0.2) is 0 Å². The molecule has 1 unspecified atom stereocenters. The summed E-state index contributed by atoms with van der Waals surface area (Å²) in [5, 5.41) is 8.38. The van der Waals surface area contributed by atoms with Crippen molar-refractivity contribution in [3.05, 3.63) is 71.5 Å². The molecule has 6 nitrogen and oxygen atoms in total. The number of nitrogens with zero attached hydrogens (tertiary/aromatic N) is 3. The predicted octanol–water partition coefficient (Wildman–Crippen LogP) is 7.29. The fourth-order valence-electron chi connectivity index (χ4n) is 5.17. The molecule has 9 heteroatoms. The predicted molar refractivity (Wildman–Crippen MR) is 142 cm³/mol. The lowest BCUT2D eigenvalue weighted by Crippen LogP contribution is -2.27. The zero-order chi connectivity index (χ0) is 27.3. The molecule has 1 N–H and O–H groups in total. The Hall–Kier alpha value is -3.49. The molecule has 1 heterocycles. The minimum absolute atomic E-state index is 0.00556. The molecule has 1 aliphatic rings. The highest BCUT2D eigenvalue weighted by molar-refractivity contribution is 5.94. The average molecular weight is 529 g/mol. The lowest BCUT2D eigenvalue weighted by atomic mass is 9.81. The standard InChI is InChI=1S/C29H35F3N4O2/c1-4-18-35(3)28(37)22-10-12-23(13-11-22)33-27(21-8-6-5-7-9-21)26-19-36(34-20(26)2)24-14-16-25(17-15-24)38-29(30,31)32/h10-17,19,21,27,33H,4-9,18H2,1-3H3. The van der Waals surface area contributed by atoms with Crippen LogP contribution >= 0.6 is 0 Å². The summed E-state index contributed by atoms with van der Waals surface area (Å²) in [5.74, 6) is 0.153. The van der Waals surface area contributed by atoms with E-state index < -0.39 is 6.36 Å². The fraction of sp³-hybridized carbons (Fsp3) is 0.448. The number of alkyl halides is 3.